The molecule has 1 aromatic carbocycles. The fourth-order valence-electron chi connectivity index (χ4n) is 2.48. The first-order chi connectivity index (χ1) is 12.6. The van der Waals surface area contributed by atoms with Crippen molar-refractivity contribution in [3.05, 3.63) is 66.6 Å². The standard InChI is InChI=1S/C19H19N5O2/c1-14(25)21-10-11-22-19(26)17-13-24(16-7-3-2-4-8-16)23-18(17)15-6-5-9-20-12-15/h2-9,12-13H,10-11H2,1H3,(H,21,25)(H,22,26). The van der Waals surface area contributed by atoms with E-state index in [1.165, 1.54) is 6.92 Å². The Morgan fingerprint density at radius 1 is 1.04 bits per heavy atom. The lowest BCUT2D eigenvalue weighted by Gasteiger charge is -2.05. The van der Waals surface area contributed by atoms with Gasteiger partial charge < -0.3 is 10.6 Å². The summed E-state index contributed by atoms with van der Waals surface area (Å²) in [5.74, 6) is -0.386. The zero-order valence-electron chi connectivity index (χ0n) is 14.3. The quantitative estimate of drug-likeness (QED) is 0.664. The molecule has 0 unspecified atom stereocenters. The molecule has 2 N–H and O–H groups in total. The number of carbonyl (C=O) groups excluding carboxylic acids is 2. The molecule has 0 saturated carbocycles. The zero-order chi connectivity index (χ0) is 18.4. The van der Waals surface area contributed by atoms with Gasteiger partial charge in [0.2, 0.25) is 5.91 Å². The van der Waals surface area contributed by atoms with Crippen molar-refractivity contribution in [3.8, 4) is 16.9 Å². The fourth-order valence-corrected chi connectivity index (χ4v) is 2.48. The van der Waals surface area contributed by atoms with Crippen LogP contribution in [0.4, 0.5) is 0 Å². The smallest absolute Gasteiger partial charge is 0.255 e. The average Bonchev–Trinajstić information content (AvgIpc) is 3.12. The number of nitrogens with zero attached hydrogens (tertiary/aromatic N) is 3. The molecule has 0 spiro atoms. The molecule has 0 aliphatic carbocycles. The summed E-state index contributed by atoms with van der Waals surface area (Å²) >= 11 is 0. The number of rotatable bonds is 6. The van der Waals surface area contributed by atoms with Crippen molar-refractivity contribution in [1.29, 1.82) is 0 Å². The number of aromatic nitrogens is 3. The summed E-state index contributed by atoms with van der Waals surface area (Å²) < 4.78 is 1.67. The summed E-state index contributed by atoms with van der Waals surface area (Å²) in [7, 11) is 0. The summed E-state index contributed by atoms with van der Waals surface area (Å²) in [6.07, 6.45) is 5.04. The van der Waals surface area contributed by atoms with Gasteiger partial charge in [-0.15, -0.1) is 0 Å². The van der Waals surface area contributed by atoms with Crippen LogP contribution in [0.3, 0.4) is 0 Å². The van der Waals surface area contributed by atoms with Crippen LogP contribution in [0.1, 0.15) is 17.3 Å². The summed E-state index contributed by atoms with van der Waals surface area (Å²) in [6, 6.07) is 13.2. The van der Waals surface area contributed by atoms with E-state index in [0.29, 0.717) is 24.3 Å². The van der Waals surface area contributed by atoms with Crippen molar-refractivity contribution in [2.24, 2.45) is 0 Å². The first kappa shape index (κ1) is 17.3. The monoisotopic (exact) mass is 349 g/mol. The second-order valence-corrected chi connectivity index (χ2v) is 5.65. The Morgan fingerprint density at radius 3 is 2.50 bits per heavy atom. The van der Waals surface area contributed by atoms with Crippen LogP contribution in [0.5, 0.6) is 0 Å². The van der Waals surface area contributed by atoms with Crippen LogP contribution in [0.2, 0.25) is 0 Å². The highest BCUT2D eigenvalue weighted by Gasteiger charge is 2.18. The molecular formula is C19H19N5O2. The molecule has 2 heterocycles. The SMILES string of the molecule is CC(=O)NCCNC(=O)c1cn(-c2ccccc2)nc1-c1cccnc1. The first-order valence-electron chi connectivity index (χ1n) is 8.23. The summed E-state index contributed by atoms with van der Waals surface area (Å²) in [6.45, 7) is 2.14. The number of amides is 2. The summed E-state index contributed by atoms with van der Waals surface area (Å²) in [5, 5.41) is 10.0. The second-order valence-electron chi connectivity index (χ2n) is 5.65. The number of para-hydroxylation sites is 1. The van der Waals surface area contributed by atoms with Gasteiger partial charge in [-0.3, -0.25) is 14.6 Å². The van der Waals surface area contributed by atoms with E-state index in [1.807, 2.05) is 36.4 Å². The van der Waals surface area contributed by atoms with E-state index >= 15 is 0 Å². The largest absolute Gasteiger partial charge is 0.355 e. The fraction of sp³-hybridized carbons (Fsp3) is 0.158. The van der Waals surface area contributed by atoms with E-state index in [-0.39, 0.29) is 11.8 Å². The Morgan fingerprint density at radius 2 is 1.81 bits per heavy atom. The lowest BCUT2D eigenvalue weighted by atomic mass is 10.1. The zero-order valence-corrected chi connectivity index (χ0v) is 14.3. The molecule has 0 bridgehead atoms. The predicted octanol–water partition coefficient (Wildman–Crippen LogP) is 1.80. The van der Waals surface area contributed by atoms with Gasteiger partial charge in [-0.2, -0.15) is 5.10 Å². The molecule has 0 saturated heterocycles. The second kappa shape index (κ2) is 8.06. The first-order valence-corrected chi connectivity index (χ1v) is 8.23. The van der Waals surface area contributed by atoms with Gasteiger partial charge in [-0.25, -0.2) is 4.68 Å². The highest BCUT2D eigenvalue weighted by atomic mass is 16.2. The maximum atomic E-state index is 12.6. The van der Waals surface area contributed by atoms with Gasteiger partial charge in [0.1, 0.15) is 5.69 Å². The highest BCUT2D eigenvalue weighted by molar-refractivity contribution is 5.99. The average molecular weight is 349 g/mol. The van der Waals surface area contributed by atoms with Crippen molar-refractivity contribution in [2.45, 2.75) is 6.92 Å². The van der Waals surface area contributed by atoms with Crippen LogP contribution in [-0.4, -0.2) is 39.7 Å². The van der Waals surface area contributed by atoms with Crippen molar-refractivity contribution in [3.63, 3.8) is 0 Å². The van der Waals surface area contributed by atoms with Crippen LogP contribution >= 0.6 is 0 Å². The Hall–Kier alpha value is -3.48. The minimum Gasteiger partial charge on any atom is -0.355 e. The number of pyridine rings is 1. The van der Waals surface area contributed by atoms with E-state index in [1.54, 1.807) is 29.3 Å². The molecule has 3 aromatic rings. The normalized spacial score (nSPS) is 10.3. The van der Waals surface area contributed by atoms with E-state index in [2.05, 4.69) is 20.7 Å². The summed E-state index contributed by atoms with van der Waals surface area (Å²) in [5.41, 5.74) is 2.62. The van der Waals surface area contributed by atoms with Crippen LogP contribution < -0.4 is 10.6 Å². The van der Waals surface area contributed by atoms with Crippen LogP contribution in [0.25, 0.3) is 16.9 Å². The van der Waals surface area contributed by atoms with Crippen LogP contribution in [-0.2, 0) is 4.79 Å². The van der Waals surface area contributed by atoms with Crippen LogP contribution in [0, 0.1) is 0 Å². The van der Waals surface area contributed by atoms with E-state index < -0.39 is 0 Å². The maximum Gasteiger partial charge on any atom is 0.255 e. The molecule has 2 aromatic heterocycles. The number of hydrogen-bond acceptors (Lipinski definition) is 4. The third kappa shape index (κ3) is 4.13. The molecule has 3 rings (SSSR count). The Labute approximate surface area is 151 Å². The van der Waals surface area contributed by atoms with E-state index in [9.17, 15) is 9.59 Å². The molecule has 0 radical (unpaired) electrons. The molecule has 2 amide bonds. The number of carbonyl (C=O) groups is 2. The van der Waals surface area contributed by atoms with Gasteiger partial charge in [0.25, 0.3) is 5.91 Å². The van der Waals surface area contributed by atoms with Crippen molar-refractivity contribution >= 4 is 11.8 Å². The molecule has 0 fully saturated rings. The third-order valence-corrected chi connectivity index (χ3v) is 3.70. The van der Waals surface area contributed by atoms with Gasteiger partial charge in [-0.05, 0) is 24.3 Å². The molecule has 0 atom stereocenters. The van der Waals surface area contributed by atoms with E-state index in [4.69, 9.17) is 0 Å². The van der Waals surface area contributed by atoms with Gasteiger partial charge in [0, 0.05) is 44.2 Å². The van der Waals surface area contributed by atoms with Crippen molar-refractivity contribution < 1.29 is 9.59 Å². The highest BCUT2D eigenvalue weighted by Crippen LogP contribution is 2.22. The lowest BCUT2D eigenvalue weighted by Crippen LogP contribution is -2.33. The minimum absolute atomic E-state index is 0.132. The van der Waals surface area contributed by atoms with Crippen molar-refractivity contribution in [2.75, 3.05) is 13.1 Å². The van der Waals surface area contributed by atoms with Crippen molar-refractivity contribution in [1.82, 2.24) is 25.4 Å². The molecule has 0 aliphatic heterocycles. The molecule has 26 heavy (non-hydrogen) atoms. The van der Waals surface area contributed by atoms with Crippen LogP contribution in [0.15, 0.2) is 61.1 Å². The number of benzene rings is 1. The molecule has 7 heteroatoms. The predicted molar refractivity (Wildman–Crippen MR) is 97.8 cm³/mol. The topological polar surface area (TPSA) is 88.9 Å². The minimum atomic E-state index is -0.253. The molecular weight excluding hydrogens is 330 g/mol. The third-order valence-electron chi connectivity index (χ3n) is 3.70. The molecule has 132 valence electrons. The Kier molecular flexibility index (Phi) is 5.38. The van der Waals surface area contributed by atoms with Gasteiger partial charge in [-0.1, -0.05) is 18.2 Å². The Balaban J connectivity index is 1.88. The molecule has 7 nitrogen and oxygen atoms in total. The molecule has 0 aliphatic rings. The lowest BCUT2D eigenvalue weighted by molar-refractivity contribution is -0.118. The van der Waals surface area contributed by atoms with Gasteiger partial charge in [0.15, 0.2) is 0 Å². The Bertz CT molecular complexity index is 891. The van der Waals surface area contributed by atoms with Gasteiger partial charge >= 0.3 is 0 Å². The van der Waals surface area contributed by atoms with E-state index in [0.717, 1.165) is 11.3 Å². The van der Waals surface area contributed by atoms with Gasteiger partial charge in [0.05, 0.1) is 11.3 Å². The maximum absolute atomic E-state index is 12.6. The summed E-state index contributed by atoms with van der Waals surface area (Å²) in [4.78, 5) is 27.7. The number of nitrogens with one attached hydrogen (secondary N) is 2. The number of hydrogen-bond donors (Lipinski definition) is 2.